The summed E-state index contributed by atoms with van der Waals surface area (Å²) in [6.07, 6.45) is 5.56. The highest BCUT2D eigenvalue weighted by molar-refractivity contribution is 4.76. The molecule has 0 saturated heterocycles. The minimum Gasteiger partial charge on any atom is -0.394 e. The van der Waals surface area contributed by atoms with Gasteiger partial charge in [-0.15, -0.1) is 0 Å². The van der Waals surface area contributed by atoms with Gasteiger partial charge in [0, 0.05) is 12.6 Å². The van der Waals surface area contributed by atoms with Crippen LogP contribution in [0, 0.1) is 5.92 Å². The predicted octanol–water partition coefficient (Wildman–Crippen LogP) is 1.16. The number of nitrogens with one attached hydrogen (secondary N) is 1. The molecule has 1 fully saturated rings. The molecule has 0 radical (unpaired) electrons. The summed E-state index contributed by atoms with van der Waals surface area (Å²) in [6, 6.07) is 0.621. The van der Waals surface area contributed by atoms with Gasteiger partial charge in [-0.3, -0.25) is 0 Å². The Morgan fingerprint density at radius 3 is 2.71 bits per heavy atom. The number of ether oxygens (including phenoxy) is 1. The molecule has 1 aliphatic carbocycles. The lowest BCUT2D eigenvalue weighted by molar-refractivity contribution is 0.0917. The van der Waals surface area contributed by atoms with Crippen molar-refractivity contribution in [2.45, 2.75) is 38.6 Å². The van der Waals surface area contributed by atoms with Crippen LogP contribution >= 0.6 is 0 Å². The molecule has 1 unspecified atom stereocenters. The fourth-order valence-corrected chi connectivity index (χ4v) is 2.15. The van der Waals surface area contributed by atoms with Crippen molar-refractivity contribution in [2.24, 2.45) is 5.92 Å². The molecule has 0 aromatic carbocycles. The van der Waals surface area contributed by atoms with Gasteiger partial charge in [0.2, 0.25) is 0 Å². The maximum Gasteiger partial charge on any atom is 0.0698 e. The molecule has 1 rings (SSSR count). The average molecular weight is 201 g/mol. The van der Waals surface area contributed by atoms with Crippen molar-refractivity contribution in [1.29, 1.82) is 0 Å². The van der Waals surface area contributed by atoms with Gasteiger partial charge in [-0.25, -0.2) is 0 Å². The van der Waals surface area contributed by atoms with Gasteiger partial charge in [0.15, 0.2) is 0 Å². The molecule has 0 heterocycles. The van der Waals surface area contributed by atoms with Gasteiger partial charge in [0.1, 0.15) is 0 Å². The van der Waals surface area contributed by atoms with Gasteiger partial charge in [-0.2, -0.15) is 0 Å². The Kier molecular flexibility index (Phi) is 6.15. The van der Waals surface area contributed by atoms with Gasteiger partial charge in [0.25, 0.3) is 0 Å². The van der Waals surface area contributed by atoms with E-state index in [1.54, 1.807) is 0 Å². The quantitative estimate of drug-likeness (QED) is 0.607. The van der Waals surface area contributed by atoms with E-state index in [9.17, 15) is 0 Å². The lowest BCUT2D eigenvalue weighted by Crippen LogP contribution is -2.34. The standard InChI is InChI=1S/C11H23NO2/c1-10(11-4-2-3-5-11)12-6-8-14-9-7-13/h10-13H,2-9H2,1H3. The van der Waals surface area contributed by atoms with E-state index in [-0.39, 0.29) is 6.61 Å². The lowest BCUT2D eigenvalue weighted by Gasteiger charge is -2.20. The van der Waals surface area contributed by atoms with Crippen LogP contribution in [-0.4, -0.2) is 37.5 Å². The van der Waals surface area contributed by atoms with Gasteiger partial charge in [-0.1, -0.05) is 12.8 Å². The molecule has 0 spiro atoms. The molecular weight excluding hydrogens is 178 g/mol. The Balaban J connectivity index is 1.94. The van der Waals surface area contributed by atoms with E-state index in [0.717, 1.165) is 12.5 Å². The second-order valence-corrected chi connectivity index (χ2v) is 4.12. The van der Waals surface area contributed by atoms with Crippen molar-refractivity contribution in [3.8, 4) is 0 Å². The van der Waals surface area contributed by atoms with Crippen LogP contribution < -0.4 is 5.32 Å². The second-order valence-electron chi connectivity index (χ2n) is 4.12. The van der Waals surface area contributed by atoms with Crippen molar-refractivity contribution in [3.63, 3.8) is 0 Å². The highest BCUT2D eigenvalue weighted by Crippen LogP contribution is 2.27. The van der Waals surface area contributed by atoms with E-state index in [1.165, 1.54) is 25.7 Å². The molecule has 0 aromatic heterocycles. The molecule has 0 aromatic rings. The molecule has 0 aliphatic heterocycles. The predicted molar refractivity (Wildman–Crippen MR) is 57.3 cm³/mol. The van der Waals surface area contributed by atoms with Gasteiger partial charge < -0.3 is 15.2 Å². The normalized spacial score (nSPS) is 20.1. The van der Waals surface area contributed by atoms with E-state index in [2.05, 4.69) is 12.2 Å². The second kappa shape index (κ2) is 7.21. The summed E-state index contributed by atoms with van der Waals surface area (Å²) in [7, 11) is 0. The van der Waals surface area contributed by atoms with Crippen LogP contribution in [0.1, 0.15) is 32.6 Å². The molecule has 0 amide bonds. The monoisotopic (exact) mass is 201 g/mol. The van der Waals surface area contributed by atoms with Crippen LogP contribution in [0.3, 0.4) is 0 Å². The third-order valence-electron chi connectivity index (χ3n) is 3.06. The topological polar surface area (TPSA) is 41.5 Å². The van der Waals surface area contributed by atoms with E-state index in [1.807, 2.05) is 0 Å². The first-order valence-electron chi connectivity index (χ1n) is 5.76. The molecule has 1 atom stereocenters. The zero-order valence-corrected chi connectivity index (χ0v) is 9.17. The highest BCUT2D eigenvalue weighted by Gasteiger charge is 2.20. The number of hydrogen-bond donors (Lipinski definition) is 2. The molecular formula is C11H23NO2. The summed E-state index contributed by atoms with van der Waals surface area (Å²) in [5.74, 6) is 0.868. The minimum absolute atomic E-state index is 0.123. The Morgan fingerprint density at radius 2 is 2.07 bits per heavy atom. The summed E-state index contributed by atoms with van der Waals surface area (Å²) in [5, 5.41) is 12.0. The zero-order valence-electron chi connectivity index (χ0n) is 9.17. The Bertz CT molecular complexity index is 135. The van der Waals surface area contributed by atoms with Crippen LogP contribution in [0.25, 0.3) is 0 Å². The molecule has 14 heavy (non-hydrogen) atoms. The SMILES string of the molecule is CC(NCCOCCO)C1CCCC1. The molecule has 84 valence electrons. The molecule has 0 bridgehead atoms. The molecule has 1 saturated carbocycles. The Hall–Kier alpha value is -0.120. The van der Waals surface area contributed by atoms with E-state index in [4.69, 9.17) is 9.84 Å². The summed E-state index contributed by atoms with van der Waals surface area (Å²) in [4.78, 5) is 0. The number of hydrogen-bond acceptors (Lipinski definition) is 3. The van der Waals surface area contributed by atoms with Crippen LogP contribution in [0.4, 0.5) is 0 Å². The molecule has 3 heteroatoms. The van der Waals surface area contributed by atoms with Crippen LogP contribution in [0.2, 0.25) is 0 Å². The lowest BCUT2D eigenvalue weighted by atomic mass is 10.00. The van der Waals surface area contributed by atoms with Gasteiger partial charge >= 0.3 is 0 Å². The number of aliphatic hydroxyl groups is 1. The highest BCUT2D eigenvalue weighted by atomic mass is 16.5. The largest absolute Gasteiger partial charge is 0.394 e. The van der Waals surface area contributed by atoms with E-state index < -0.39 is 0 Å². The van der Waals surface area contributed by atoms with E-state index in [0.29, 0.717) is 19.3 Å². The van der Waals surface area contributed by atoms with Crippen molar-refractivity contribution in [1.82, 2.24) is 5.32 Å². The molecule has 1 aliphatic rings. The maximum absolute atomic E-state index is 8.50. The zero-order chi connectivity index (χ0) is 10.2. The fourth-order valence-electron chi connectivity index (χ4n) is 2.15. The fraction of sp³-hybridized carbons (Fsp3) is 1.00. The minimum atomic E-state index is 0.123. The van der Waals surface area contributed by atoms with Crippen LogP contribution in [0.5, 0.6) is 0 Å². The van der Waals surface area contributed by atoms with Crippen LogP contribution in [0.15, 0.2) is 0 Å². The first kappa shape index (κ1) is 12.0. The molecule has 2 N–H and O–H groups in total. The smallest absolute Gasteiger partial charge is 0.0698 e. The van der Waals surface area contributed by atoms with Crippen LogP contribution in [-0.2, 0) is 4.74 Å². The first-order valence-corrected chi connectivity index (χ1v) is 5.76. The third kappa shape index (κ3) is 4.40. The van der Waals surface area contributed by atoms with Crippen molar-refractivity contribution < 1.29 is 9.84 Å². The van der Waals surface area contributed by atoms with Crippen molar-refractivity contribution >= 4 is 0 Å². The van der Waals surface area contributed by atoms with Gasteiger partial charge in [0.05, 0.1) is 19.8 Å². The summed E-state index contributed by atoms with van der Waals surface area (Å²) in [6.45, 7) is 4.45. The van der Waals surface area contributed by atoms with Gasteiger partial charge in [-0.05, 0) is 25.7 Å². The Labute approximate surface area is 86.8 Å². The number of rotatable bonds is 7. The summed E-state index contributed by atoms with van der Waals surface area (Å²) >= 11 is 0. The first-order chi connectivity index (χ1) is 6.84. The number of aliphatic hydroxyl groups excluding tert-OH is 1. The average Bonchev–Trinajstić information content (AvgIpc) is 2.70. The van der Waals surface area contributed by atoms with Crippen molar-refractivity contribution in [3.05, 3.63) is 0 Å². The summed E-state index contributed by atoms with van der Waals surface area (Å²) in [5.41, 5.74) is 0. The third-order valence-corrected chi connectivity index (χ3v) is 3.06. The summed E-state index contributed by atoms with van der Waals surface area (Å²) < 4.78 is 5.18. The van der Waals surface area contributed by atoms with Crippen molar-refractivity contribution in [2.75, 3.05) is 26.4 Å². The maximum atomic E-state index is 8.50. The van der Waals surface area contributed by atoms with E-state index >= 15 is 0 Å². The molecule has 3 nitrogen and oxygen atoms in total. The Morgan fingerprint density at radius 1 is 1.36 bits per heavy atom.